The Morgan fingerprint density at radius 2 is 1.92 bits per heavy atom. The Labute approximate surface area is 149 Å². The van der Waals surface area contributed by atoms with E-state index < -0.39 is 11.9 Å². The van der Waals surface area contributed by atoms with E-state index in [1.165, 1.54) is 18.2 Å². The lowest BCUT2D eigenvalue weighted by Gasteiger charge is -2.05. The fourth-order valence-corrected chi connectivity index (χ4v) is 2.32. The van der Waals surface area contributed by atoms with Crippen LogP contribution in [0.1, 0.15) is 22.8 Å². The van der Waals surface area contributed by atoms with Gasteiger partial charge in [-0.05, 0) is 48.9 Å². The largest absolute Gasteiger partial charge is 0.462 e. The van der Waals surface area contributed by atoms with Crippen LogP contribution in [0.3, 0.4) is 0 Å². The predicted octanol–water partition coefficient (Wildman–Crippen LogP) is 4.79. The predicted molar refractivity (Wildman–Crippen MR) is 93.5 cm³/mol. The molecule has 2 aromatic carbocycles. The molecule has 0 saturated heterocycles. The van der Waals surface area contributed by atoms with E-state index in [1.807, 2.05) is 0 Å². The molecule has 0 N–H and O–H groups in total. The highest BCUT2D eigenvalue weighted by Crippen LogP contribution is 2.22. The Balaban J connectivity index is 2.05. The Hall–Kier alpha value is -2.30. The molecule has 0 aliphatic rings. The van der Waals surface area contributed by atoms with E-state index in [9.17, 15) is 9.59 Å². The van der Waals surface area contributed by atoms with Gasteiger partial charge in [-0.1, -0.05) is 35.3 Å². The van der Waals surface area contributed by atoms with Gasteiger partial charge in [-0.3, -0.25) is 0 Å². The van der Waals surface area contributed by atoms with Crippen molar-refractivity contribution in [1.29, 1.82) is 0 Å². The number of halogens is 2. The molecule has 4 nitrogen and oxygen atoms in total. The van der Waals surface area contributed by atoms with Gasteiger partial charge in [0.2, 0.25) is 0 Å². The quantitative estimate of drug-likeness (QED) is 0.434. The number of ether oxygens (including phenoxy) is 2. The topological polar surface area (TPSA) is 52.6 Å². The van der Waals surface area contributed by atoms with Crippen LogP contribution in [0.5, 0.6) is 5.75 Å². The molecule has 0 atom stereocenters. The number of hydrogen-bond acceptors (Lipinski definition) is 4. The normalized spacial score (nSPS) is 10.6. The second-order valence-corrected chi connectivity index (χ2v) is 5.51. The number of esters is 2. The van der Waals surface area contributed by atoms with Crippen LogP contribution in [0, 0.1) is 0 Å². The third kappa shape index (κ3) is 5.11. The Morgan fingerprint density at radius 3 is 2.62 bits per heavy atom. The summed E-state index contributed by atoms with van der Waals surface area (Å²) in [6.45, 7) is 1.99. The highest BCUT2D eigenvalue weighted by molar-refractivity contribution is 6.35. The molecule has 0 radical (unpaired) electrons. The van der Waals surface area contributed by atoms with Crippen molar-refractivity contribution in [2.45, 2.75) is 6.92 Å². The molecule has 124 valence electrons. The number of hydrogen-bond donors (Lipinski definition) is 0. The minimum atomic E-state index is -0.595. The smallest absolute Gasteiger partial charge is 0.338 e. The number of carbonyl (C=O) groups is 2. The molecule has 2 aromatic rings. The maximum Gasteiger partial charge on any atom is 0.338 e. The van der Waals surface area contributed by atoms with Crippen LogP contribution in [0.4, 0.5) is 0 Å². The van der Waals surface area contributed by atoms with Gasteiger partial charge in [0.25, 0.3) is 0 Å². The van der Waals surface area contributed by atoms with Crippen LogP contribution in [0.2, 0.25) is 10.0 Å². The molecule has 0 bridgehead atoms. The van der Waals surface area contributed by atoms with Gasteiger partial charge in [0.1, 0.15) is 5.75 Å². The average molecular weight is 365 g/mol. The average Bonchev–Trinajstić information content (AvgIpc) is 2.54. The van der Waals surface area contributed by atoms with Gasteiger partial charge < -0.3 is 9.47 Å². The van der Waals surface area contributed by atoms with Crippen LogP contribution < -0.4 is 4.74 Å². The summed E-state index contributed by atoms with van der Waals surface area (Å²) in [4.78, 5) is 23.5. The lowest BCUT2D eigenvalue weighted by atomic mass is 10.2. The molecule has 0 spiro atoms. The van der Waals surface area contributed by atoms with Crippen LogP contribution in [-0.2, 0) is 9.53 Å². The van der Waals surface area contributed by atoms with Crippen molar-refractivity contribution < 1.29 is 19.1 Å². The molecule has 0 aliphatic carbocycles. The summed E-state index contributed by atoms with van der Waals surface area (Å²) in [5.74, 6) is -0.821. The Morgan fingerprint density at radius 1 is 1.12 bits per heavy atom. The fourth-order valence-electron chi connectivity index (χ4n) is 1.85. The molecule has 6 heteroatoms. The third-order valence-corrected chi connectivity index (χ3v) is 3.49. The van der Waals surface area contributed by atoms with Gasteiger partial charge in [0, 0.05) is 16.1 Å². The standard InChI is InChI=1S/C18H14Cl2O4/c1-2-23-18(22)13-4-3-5-15(10-13)24-17(21)9-7-12-6-8-14(19)11-16(12)20/h3-11H,2H2,1H3/b9-7+. The molecule has 0 aromatic heterocycles. The zero-order chi connectivity index (χ0) is 17.5. The van der Waals surface area contributed by atoms with Crippen LogP contribution in [0.15, 0.2) is 48.5 Å². The van der Waals surface area contributed by atoms with Crippen molar-refractivity contribution in [2.24, 2.45) is 0 Å². The number of benzene rings is 2. The molecular weight excluding hydrogens is 351 g/mol. The van der Waals surface area contributed by atoms with Gasteiger partial charge in [0.05, 0.1) is 12.2 Å². The molecule has 0 saturated carbocycles. The monoisotopic (exact) mass is 364 g/mol. The molecular formula is C18H14Cl2O4. The van der Waals surface area contributed by atoms with Crippen molar-refractivity contribution in [1.82, 2.24) is 0 Å². The van der Waals surface area contributed by atoms with Crippen LogP contribution in [-0.4, -0.2) is 18.5 Å². The maximum atomic E-state index is 11.9. The summed E-state index contributed by atoms with van der Waals surface area (Å²) in [7, 11) is 0. The first kappa shape index (κ1) is 18.0. The lowest BCUT2D eigenvalue weighted by Crippen LogP contribution is -2.07. The molecule has 0 amide bonds. The van der Waals surface area contributed by atoms with E-state index in [1.54, 1.807) is 43.3 Å². The molecule has 0 fully saturated rings. The molecule has 24 heavy (non-hydrogen) atoms. The SMILES string of the molecule is CCOC(=O)c1cccc(OC(=O)/C=C/c2ccc(Cl)cc2Cl)c1. The zero-order valence-electron chi connectivity index (χ0n) is 12.8. The fraction of sp³-hybridized carbons (Fsp3) is 0.111. The van der Waals surface area contributed by atoms with Gasteiger partial charge in [0.15, 0.2) is 0 Å². The summed E-state index contributed by atoms with van der Waals surface area (Å²) in [6, 6.07) is 11.1. The molecule has 0 aliphatic heterocycles. The first-order valence-corrected chi connectivity index (χ1v) is 7.87. The van der Waals surface area contributed by atoms with Crippen molar-refractivity contribution >= 4 is 41.2 Å². The van der Waals surface area contributed by atoms with Crippen molar-refractivity contribution in [3.05, 3.63) is 69.7 Å². The van der Waals surface area contributed by atoms with E-state index >= 15 is 0 Å². The van der Waals surface area contributed by atoms with E-state index in [-0.39, 0.29) is 12.4 Å². The van der Waals surface area contributed by atoms with Crippen molar-refractivity contribution in [3.8, 4) is 5.75 Å². The Kier molecular flexibility index (Phi) is 6.41. The second kappa shape index (κ2) is 8.52. The molecule has 0 heterocycles. The van der Waals surface area contributed by atoms with Gasteiger partial charge >= 0.3 is 11.9 Å². The summed E-state index contributed by atoms with van der Waals surface area (Å²) in [5, 5.41) is 0.936. The summed E-state index contributed by atoms with van der Waals surface area (Å²) in [6.07, 6.45) is 2.77. The lowest BCUT2D eigenvalue weighted by molar-refractivity contribution is -0.128. The molecule has 0 unspecified atom stereocenters. The second-order valence-electron chi connectivity index (χ2n) is 4.67. The summed E-state index contributed by atoms with van der Waals surface area (Å²) < 4.78 is 10.1. The van der Waals surface area contributed by atoms with Crippen molar-refractivity contribution in [2.75, 3.05) is 6.61 Å². The summed E-state index contributed by atoms with van der Waals surface area (Å²) >= 11 is 11.8. The first-order chi connectivity index (χ1) is 11.5. The van der Waals surface area contributed by atoms with E-state index in [4.69, 9.17) is 32.7 Å². The van der Waals surface area contributed by atoms with E-state index in [0.29, 0.717) is 21.2 Å². The van der Waals surface area contributed by atoms with Crippen LogP contribution >= 0.6 is 23.2 Å². The first-order valence-electron chi connectivity index (χ1n) is 7.11. The minimum Gasteiger partial charge on any atom is -0.462 e. The third-order valence-electron chi connectivity index (χ3n) is 2.93. The number of carbonyl (C=O) groups excluding carboxylic acids is 2. The van der Waals surface area contributed by atoms with E-state index in [2.05, 4.69) is 0 Å². The molecule has 2 rings (SSSR count). The van der Waals surface area contributed by atoms with Crippen molar-refractivity contribution in [3.63, 3.8) is 0 Å². The van der Waals surface area contributed by atoms with Gasteiger partial charge in [-0.15, -0.1) is 0 Å². The van der Waals surface area contributed by atoms with Gasteiger partial charge in [-0.2, -0.15) is 0 Å². The highest BCUT2D eigenvalue weighted by Gasteiger charge is 2.09. The van der Waals surface area contributed by atoms with E-state index in [0.717, 1.165) is 0 Å². The van der Waals surface area contributed by atoms with Gasteiger partial charge in [-0.25, -0.2) is 9.59 Å². The Bertz CT molecular complexity index is 784. The maximum absolute atomic E-state index is 11.9. The number of rotatable bonds is 5. The minimum absolute atomic E-state index is 0.248. The zero-order valence-corrected chi connectivity index (χ0v) is 14.3. The highest BCUT2D eigenvalue weighted by atomic mass is 35.5. The van der Waals surface area contributed by atoms with Crippen LogP contribution in [0.25, 0.3) is 6.08 Å². The summed E-state index contributed by atoms with van der Waals surface area (Å²) in [5.41, 5.74) is 0.949.